The van der Waals surface area contributed by atoms with E-state index >= 15 is 0 Å². The lowest BCUT2D eigenvalue weighted by molar-refractivity contribution is -0.0848. The van der Waals surface area contributed by atoms with Gasteiger partial charge in [-0.25, -0.2) is 0 Å². The van der Waals surface area contributed by atoms with E-state index in [9.17, 15) is 5.11 Å². The zero-order chi connectivity index (χ0) is 10.8. The first-order valence-electron chi connectivity index (χ1n) is 5.92. The summed E-state index contributed by atoms with van der Waals surface area (Å²) in [7, 11) is 2.15. The quantitative estimate of drug-likeness (QED) is 0.753. The lowest BCUT2D eigenvalue weighted by atomic mass is 9.76. The predicted octanol–water partition coefficient (Wildman–Crippen LogP) is 2.27. The second kappa shape index (κ2) is 4.63. The molecule has 0 aromatic rings. The van der Waals surface area contributed by atoms with Crippen LogP contribution >= 0.6 is 0 Å². The Hall–Kier alpha value is -0.0800. The van der Waals surface area contributed by atoms with Crippen molar-refractivity contribution < 1.29 is 5.11 Å². The number of piperidine rings is 1. The molecule has 14 heavy (non-hydrogen) atoms. The molecule has 0 aromatic carbocycles. The van der Waals surface area contributed by atoms with Crippen LogP contribution < -0.4 is 0 Å². The largest absolute Gasteiger partial charge is 0.390 e. The smallest absolute Gasteiger partial charge is 0.0700 e. The third-order valence-corrected chi connectivity index (χ3v) is 3.84. The van der Waals surface area contributed by atoms with Gasteiger partial charge < -0.3 is 10.0 Å². The van der Waals surface area contributed by atoms with Gasteiger partial charge in [0.25, 0.3) is 0 Å². The Balaban J connectivity index is 2.58. The van der Waals surface area contributed by atoms with Crippen molar-refractivity contribution in [2.75, 3.05) is 13.6 Å². The molecule has 0 amide bonds. The number of hydrogen-bond donors (Lipinski definition) is 1. The molecule has 1 fully saturated rings. The van der Waals surface area contributed by atoms with Gasteiger partial charge >= 0.3 is 0 Å². The fraction of sp³-hybridized carbons (Fsp3) is 1.00. The molecule has 3 unspecified atom stereocenters. The number of unbranched alkanes of at least 4 members (excludes halogenated alkanes) is 1. The van der Waals surface area contributed by atoms with Crippen LogP contribution in [0.3, 0.4) is 0 Å². The number of hydrogen-bond acceptors (Lipinski definition) is 2. The lowest BCUT2D eigenvalue weighted by Gasteiger charge is -2.46. The van der Waals surface area contributed by atoms with E-state index in [4.69, 9.17) is 0 Å². The van der Waals surface area contributed by atoms with Crippen molar-refractivity contribution in [1.29, 1.82) is 0 Å². The molecule has 1 aliphatic rings. The van der Waals surface area contributed by atoms with Crippen molar-refractivity contribution in [3.8, 4) is 0 Å². The van der Waals surface area contributed by atoms with Crippen LogP contribution in [0, 0.1) is 5.92 Å². The Kier molecular flexibility index (Phi) is 3.96. The van der Waals surface area contributed by atoms with Crippen molar-refractivity contribution in [1.82, 2.24) is 4.90 Å². The van der Waals surface area contributed by atoms with Crippen molar-refractivity contribution in [3.63, 3.8) is 0 Å². The molecular weight excluding hydrogens is 174 g/mol. The first-order chi connectivity index (χ1) is 6.49. The van der Waals surface area contributed by atoms with E-state index in [0.29, 0.717) is 12.0 Å². The van der Waals surface area contributed by atoms with Crippen LogP contribution in [-0.4, -0.2) is 35.2 Å². The van der Waals surface area contributed by atoms with Crippen LogP contribution in [0.2, 0.25) is 0 Å². The average Bonchev–Trinajstić information content (AvgIpc) is 2.12. The van der Waals surface area contributed by atoms with Crippen LogP contribution in [0.25, 0.3) is 0 Å². The first kappa shape index (κ1) is 12.0. The minimum absolute atomic E-state index is 0.401. The summed E-state index contributed by atoms with van der Waals surface area (Å²) < 4.78 is 0. The summed E-state index contributed by atoms with van der Waals surface area (Å²) >= 11 is 0. The van der Waals surface area contributed by atoms with E-state index in [0.717, 1.165) is 25.8 Å². The maximum atomic E-state index is 10.5. The van der Waals surface area contributed by atoms with Gasteiger partial charge in [0.05, 0.1) is 5.60 Å². The molecule has 1 aliphatic heterocycles. The number of rotatable bonds is 3. The molecule has 0 aromatic heterocycles. The van der Waals surface area contributed by atoms with Gasteiger partial charge in [-0.05, 0) is 32.7 Å². The van der Waals surface area contributed by atoms with Gasteiger partial charge in [0.15, 0.2) is 0 Å². The molecule has 2 nitrogen and oxygen atoms in total. The summed E-state index contributed by atoms with van der Waals surface area (Å²) in [6.07, 6.45) is 4.24. The predicted molar refractivity (Wildman–Crippen MR) is 60.3 cm³/mol. The maximum absolute atomic E-state index is 10.5. The molecule has 1 rings (SSSR count). The molecule has 1 saturated heterocycles. The fourth-order valence-corrected chi connectivity index (χ4v) is 2.48. The minimum atomic E-state index is -0.401. The fourth-order valence-electron chi connectivity index (χ4n) is 2.48. The van der Waals surface area contributed by atoms with Gasteiger partial charge in [-0.15, -0.1) is 0 Å². The maximum Gasteiger partial charge on any atom is 0.0700 e. The van der Waals surface area contributed by atoms with Crippen LogP contribution in [0.15, 0.2) is 0 Å². The van der Waals surface area contributed by atoms with E-state index < -0.39 is 5.60 Å². The molecule has 0 aliphatic carbocycles. The number of aliphatic hydroxyl groups is 1. The van der Waals surface area contributed by atoms with Crippen molar-refractivity contribution in [2.24, 2.45) is 5.92 Å². The minimum Gasteiger partial charge on any atom is -0.390 e. The highest BCUT2D eigenvalue weighted by atomic mass is 16.3. The molecule has 0 saturated carbocycles. The lowest BCUT2D eigenvalue weighted by Crippen LogP contribution is -2.53. The van der Waals surface area contributed by atoms with Crippen LogP contribution in [-0.2, 0) is 0 Å². The average molecular weight is 199 g/mol. The molecule has 84 valence electrons. The van der Waals surface area contributed by atoms with Gasteiger partial charge in [0.1, 0.15) is 0 Å². The highest BCUT2D eigenvalue weighted by molar-refractivity contribution is 4.93. The van der Waals surface area contributed by atoms with Gasteiger partial charge in [-0.1, -0.05) is 26.7 Å². The van der Waals surface area contributed by atoms with Gasteiger partial charge in [-0.2, -0.15) is 0 Å². The Morgan fingerprint density at radius 1 is 1.43 bits per heavy atom. The van der Waals surface area contributed by atoms with Crippen LogP contribution in [0.1, 0.15) is 46.5 Å². The van der Waals surface area contributed by atoms with E-state index in [1.807, 2.05) is 0 Å². The summed E-state index contributed by atoms with van der Waals surface area (Å²) in [5.74, 6) is 0.412. The van der Waals surface area contributed by atoms with Gasteiger partial charge in [-0.3, -0.25) is 0 Å². The topological polar surface area (TPSA) is 23.5 Å². The number of nitrogens with zero attached hydrogens (tertiary/aromatic N) is 1. The second-order valence-corrected chi connectivity index (χ2v) is 5.10. The molecule has 1 heterocycles. The SMILES string of the molecule is CCCCC1(O)CC(C)N(C)CC1C. The molecular formula is C12H25NO. The Labute approximate surface area is 88.3 Å². The monoisotopic (exact) mass is 199 g/mol. The van der Waals surface area contributed by atoms with E-state index in [1.54, 1.807) is 0 Å². The Morgan fingerprint density at radius 2 is 2.07 bits per heavy atom. The molecule has 2 heteroatoms. The highest BCUT2D eigenvalue weighted by Gasteiger charge is 2.40. The third kappa shape index (κ3) is 2.48. The van der Waals surface area contributed by atoms with Gasteiger partial charge in [0, 0.05) is 12.6 Å². The molecule has 1 N–H and O–H groups in total. The molecule has 0 bridgehead atoms. The molecule has 0 radical (unpaired) electrons. The van der Waals surface area contributed by atoms with E-state index in [2.05, 4.69) is 32.7 Å². The molecule has 3 atom stereocenters. The highest BCUT2D eigenvalue weighted by Crippen LogP contribution is 2.34. The van der Waals surface area contributed by atoms with Gasteiger partial charge in [0.2, 0.25) is 0 Å². The van der Waals surface area contributed by atoms with E-state index in [-0.39, 0.29) is 0 Å². The zero-order valence-electron chi connectivity index (χ0n) is 10.1. The Bertz CT molecular complexity index is 183. The summed E-state index contributed by atoms with van der Waals surface area (Å²) in [5.41, 5.74) is -0.401. The van der Waals surface area contributed by atoms with E-state index in [1.165, 1.54) is 6.42 Å². The van der Waals surface area contributed by atoms with Crippen molar-refractivity contribution >= 4 is 0 Å². The zero-order valence-corrected chi connectivity index (χ0v) is 10.1. The second-order valence-electron chi connectivity index (χ2n) is 5.10. The standard InChI is InChI=1S/C12H25NO/c1-5-6-7-12(14)8-11(3)13(4)9-10(12)2/h10-11,14H,5-9H2,1-4H3. The first-order valence-corrected chi connectivity index (χ1v) is 5.92. The summed E-state index contributed by atoms with van der Waals surface area (Å²) in [6, 6.07) is 0.521. The molecule has 0 spiro atoms. The van der Waals surface area contributed by atoms with Crippen molar-refractivity contribution in [3.05, 3.63) is 0 Å². The summed E-state index contributed by atoms with van der Waals surface area (Å²) in [6.45, 7) is 7.61. The Morgan fingerprint density at radius 3 is 2.64 bits per heavy atom. The normalized spacial score (nSPS) is 40.1. The number of likely N-dealkylation sites (tertiary alicyclic amines) is 1. The van der Waals surface area contributed by atoms with Crippen LogP contribution in [0.4, 0.5) is 0 Å². The third-order valence-electron chi connectivity index (χ3n) is 3.84. The van der Waals surface area contributed by atoms with Crippen molar-refractivity contribution in [2.45, 2.75) is 58.1 Å². The summed E-state index contributed by atoms with van der Waals surface area (Å²) in [5, 5.41) is 10.5. The summed E-state index contributed by atoms with van der Waals surface area (Å²) in [4.78, 5) is 2.35. The van der Waals surface area contributed by atoms with Crippen LogP contribution in [0.5, 0.6) is 0 Å².